The summed E-state index contributed by atoms with van der Waals surface area (Å²) in [7, 11) is 0. The van der Waals surface area contributed by atoms with Crippen LogP contribution in [0.15, 0.2) is 18.2 Å². The first-order valence-corrected chi connectivity index (χ1v) is 5.18. The van der Waals surface area contributed by atoms with E-state index in [4.69, 9.17) is 28.3 Å². The minimum atomic E-state index is 0.0438. The molecular formula is C10H13Cl2NO. The number of aliphatic hydroxyl groups excluding tert-OH is 1. The highest BCUT2D eigenvalue weighted by Gasteiger charge is 2.06. The number of nitrogens with one attached hydrogen (secondary N) is 1. The van der Waals surface area contributed by atoms with Gasteiger partial charge >= 0.3 is 0 Å². The van der Waals surface area contributed by atoms with Gasteiger partial charge in [-0.2, -0.15) is 0 Å². The Morgan fingerprint density at radius 3 is 2.43 bits per heavy atom. The predicted molar refractivity (Wildman–Crippen MR) is 59.8 cm³/mol. The van der Waals surface area contributed by atoms with E-state index < -0.39 is 0 Å². The third kappa shape index (κ3) is 3.14. The van der Waals surface area contributed by atoms with Crippen molar-refractivity contribution in [1.29, 1.82) is 0 Å². The highest BCUT2D eigenvalue weighted by atomic mass is 35.5. The zero-order valence-electron chi connectivity index (χ0n) is 7.93. The smallest absolute Gasteiger partial charge is 0.0582 e. The van der Waals surface area contributed by atoms with Gasteiger partial charge in [0.25, 0.3) is 0 Å². The third-order valence-corrected chi connectivity index (χ3v) is 2.67. The number of hydrogen-bond donors (Lipinski definition) is 2. The summed E-state index contributed by atoms with van der Waals surface area (Å²) in [5.74, 6) is 0. The molecule has 0 amide bonds. The van der Waals surface area contributed by atoms with Gasteiger partial charge in [-0.25, -0.2) is 0 Å². The molecule has 0 aliphatic heterocycles. The lowest BCUT2D eigenvalue weighted by atomic mass is 10.2. The van der Waals surface area contributed by atoms with Gasteiger partial charge in [0, 0.05) is 28.2 Å². The van der Waals surface area contributed by atoms with Gasteiger partial charge in [0.1, 0.15) is 0 Å². The standard InChI is InChI=1S/C10H13Cl2NO/c1-7(6-14)13-5-8-9(11)3-2-4-10(8)12/h2-4,7,13-14H,5-6H2,1H3. The molecule has 0 saturated heterocycles. The van der Waals surface area contributed by atoms with Crippen LogP contribution in [0.2, 0.25) is 10.0 Å². The Balaban J connectivity index is 2.66. The van der Waals surface area contributed by atoms with Gasteiger partial charge in [-0.15, -0.1) is 0 Å². The predicted octanol–water partition coefficient (Wildman–Crippen LogP) is 2.46. The van der Waals surface area contributed by atoms with E-state index in [1.54, 1.807) is 12.1 Å². The van der Waals surface area contributed by atoms with Gasteiger partial charge in [0.15, 0.2) is 0 Å². The number of rotatable bonds is 4. The fourth-order valence-corrected chi connectivity index (χ4v) is 1.57. The second-order valence-electron chi connectivity index (χ2n) is 3.16. The normalized spacial score (nSPS) is 12.9. The van der Waals surface area contributed by atoms with Gasteiger partial charge in [0.2, 0.25) is 0 Å². The van der Waals surface area contributed by atoms with Crippen molar-refractivity contribution in [3.05, 3.63) is 33.8 Å². The number of halogens is 2. The lowest BCUT2D eigenvalue weighted by molar-refractivity contribution is 0.251. The van der Waals surface area contributed by atoms with Gasteiger partial charge in [-0.3, -0.25) is 0 Å². The lowest BCUT2D eigenvalue weighted by Gasteiger charge is -2.12. The fraction of sp³-hybridized carbons (Fsp3) is 0.400. The highest BCUT2D eigenvalue weighted by molar-refractivity contribution is 6.35. The Kier molecular flexibility index (Phi) is 4.69. The zero-order chi connectivity index (χ0) is 10.6. The molecule has 0 heterocycles. The zero-order valence-corrected chi connectivity index (χ0v) is 9.44. The first-order valence-electron chi connectivity index (χ1n) is 4.42. The molecule has 4 heteroatoms. The van der Waals surface area contributed by atoms with Crippen LogP contribution in [-0.4, -0.2) is 17.8 Å². The minimum Gasteiger partial charge on any atom is -0.395 e. The SMILES string of the molecule is CC(CO)NCc1c(Cl)cccc1Cl. The van der Waals surface area contributed by atoms with Crippen LogP contribution in [0.4, 0.5) is 0 Å². The molecule has 1 aromatic rings. The van der Waals surface area contributed by atoms with Gasteiger partial charge < -0.3 is 10.4 Å². The van der Waals surface area contributed by atoms with Crippen molar-refractivity contribution < 1.29 is 5.11 Å². The first kappa shape index (κ1) is 11.8. The lowest BCUT2D eigenvalue weighted by Crippen LogP contribution is -2.28. The first-order chi connectivity index (χ1) is 6.65. The number of benzene rings is 1. The second kappa shape index (κ2) is 5.56. The summed E-state index contributed by atoms with van der Waals surface area (Å²) in [6.45, 7) is 2.56. The Morgan fingerprint density at radius 1 is 1.36 bits per heavy atom. The molecule has 0 aliphatic carbocycles. The molecule has 0 fully saturated rings. The van der Waals surface area contributed by atoms with Crippen LogP contribution in [-0.2, 0) is 6.54 Å². The van der Waals surface area contributed by atoms with E-state index in [1.807, 2.05) is 13.0 Å². The molecule has 1 aromatic carbocycles. The van der Waals surface area contributed by atoms with Crippen LogP contribution in [0.1, 0.15) is 12.5 Å². The van der Waals surface area contributed by atoms with Crippen LogP contribution < -0.4 is 5.32 Å². The molecule has 78 valence electrons. The molecule has 14 heavy (non-hydrogen) atoms. The van der Waals surface area contributed by atoms with Crippen LogP contribution in [0.5, 0.6) is 0 Å². The van der Waals surface area contributed by atoms with Crippen LogP contribution in [0, 0.1) is 0 Å². The molecule has 2 nitrogen and oxygen atoms in total. The molecule has 0 bridgehead atoms. The minimum absolute atomic E-state index is 0.0438. The van der Waals surface area contributed by atoms with Crippen molar-refractivity contribution in [3.8, 4) is 0 Å². The Bertz CT molecular complexity index is 284. The fourth-order valence-electron chi connectivity index (χ4n) is 1.04. The summed E-state index contributed by atoms with van der Waals surface area (Å²) in [6.07, 6.45) is 0. The summed E-state index contributed by atoms with van der Waals surface area (Å²) in [4.78, 5) is 0. The van der Waals surface area contributed by atoms with E-state index in [1.165, 1.54) is 0 Å². The van der Waals surface area contributed by atoms with E-state index in [-0.39, 0.29) is 12.6 Å². The average Bonchev–Trinajstić information content (AvgIpc) is 2.16. The van der Waals surface area contributed by atoms with E-state index in [0.29, 0.717) is 16.6 Å². The maximum atomic E-state index is 8.82. The van der Waals surface area contributed by atoms with Crippen molar-refractivity contribution in [2.75, 3.05) is 6.61 Å². The Hall–Kier alpha value is -0.280. The Morgan fingerprint density at radius 2 is 1.93 bits per heavy atom. The topological polar surface area (TPSA) is 32.3 Å². The van der Waals surface area contributed by atoms with Gasteiger partial charge in [0.05, 0.1) is 6.61 Å². The molecule has 1 unspecified atom stereocenters. The van der Waals surface area contributed by atoms with E-state index >= 15 is 0 Å². The maximum absolute atomic E-state index is 8.82. The molecule has 1 atom stereocenters. The largest absolute Gasteiger partial charge is 0.395 e. The van der Waals surface area contributed by atoms with E-state index in [0.717, 1.165) is 5.56 Å². The summed E-state index contributed by atoms with van der Waals surface area (Å²) >= 11 is 11.9. The summed E-state index contributed by atoms with van der Waals surface area (Å²) in [5.41, 5.74) is 0.871. The van der Waals surface area contributed by atoms with E-state index in [9.17, 15) is 0 Å². The highest BCUT2D eigenvalue weighted by Crippen LogP contribution is 2.23. The van der Waals surface area contributed by atoms with Crippen molar-refractivity contribution in [3.63, 3.8) is 0 Å². The van der Waals surface area contributed by atoms with Crippen molar-refractivity contribution in [2.24, 2.45) is 0 Å². The van der Waals surface area contributed by atoms with Crippen molar-refractivity contribution in [1.82, 2.24) is 5.32 Å². The number of aliphatic hydroxyl groups is 1. The van der Waals surface area contributed by atoms with Gasteiger partial charge in [-0.1, -0.05) is 29.3 Å². The second-order valence-corrected chi connectivity index (χ2v) is 3.98. The molecule has 2 N–H and O–H groups in total. The monoisotopic (exact) mass is 233 g/mol. The maximum Gasteiger partial charge on any atom is 0.0582 e. The molecule has 0 aliphatic rings. The van der Waals surface area contributed by atoms with E-state index in [2.05, 4.69) is 5.32 Å². The molecule has 1 rings (SSSR count). The number of hydrogen-bond acceptors (Lipinski definition) is 2. The van der Waals surface area contributed by atoms with Crippen LogP contribution in [0.25, 0.3) is 0 Å². The quantitative estimate of drug-likeness (QED) is 0.838. The molecule has 0 aromatic heterocycles. The summed E-state index contributed by atoms with van der Waals surface area (Å²) in [5, 5.41) is 13.2. The van der Waals surface area contributed by atoms with Gasteiger partial charge in [-0.05, 0) is 19.1 Å². The van der Waals surface area contributed by atoms with Crippen LogP contribution in [0.3, 0.4) is 0 Å². The molecule has 0 saturated carbocycles. The van der Waals surface area contributed by atoms with Crippen LogP contribution >= 0.6 is 23.2 Å². The molecular weight excluding hydrogens is 221 g/mol. The Labute approximate surface area is 93.8 Å². The van der Waals surface area contributed by atoms with Crippen molar-refractivity contribution in [2.45, 2.75) is 19.5 Å². The average molecular weight is 234 g/mol. The molecule has 0 radical (unpaired) electrons. The third-order valence-electron chi connectivity index (χ3n) is 1.96. The summed E-state index contributed by atoms with van der Waals surface area (Å²) < 4.78 is 0. The molecule has 0 spiro atoms. The summed E-state index contributed by atoms with van der Waals surface area (Å²) in [6, 6.07) is 5.45. The van der Waals surface area contributed by atoms with Crippen molar-refractivity contribution >= 4 is 23.2 Å².